The van der Waals surface area contributed by atoms with E-state index < -0.39 is 0 Å². The van der Waals surface area contributed by atoms with Crippen molar-refractivity contribution >= 4 is 29.0 Å². The van der Waals surface area contributed by atoms with Crippen LogP contribution >= 0.6 is 23.2 Å². The average Bonchev–Trinajstić information content (AvgIpc) is 2.36. The van der Waals surface area contributed by atoms with Crippen LogP contribution in [0.4, 0.5) is 0 Å². The number of Topliss-reactive ketones (excluding diaryl/α,β-unsaturated/α-hetero) is 1. The van der Waals surface area contributed by atoms with Crippen LogP contribution in [0.3, 0.4) is 0 Å². The molecule has 2 nitrogen and oxygen atoms in total. The van der Waals surface area contributed by atoms with Crippen molar-refractivity contribution in [3.63, 3.8) is 0 Å². The van der Waals surface area contributed by atoms with E-state index in [1.54, 1.807) is 13.0 Å². The summed E-state index contributed by atoms with van der Waals surface area (Å²) in [6.07, 6.45) is 4.13. The zero-order valence-electron chi connectivity index (χ0n) is 11.2. The molecule has 0 bridgehead atoms. The van der Waals surface area contributed by atoms with E-state index in [1.165, 1.54) is 12.8 Å². The summed E-state index contributed by atoms with van der Waals surface area (Å²) in [6, 6.07) is 6.08. The van der Waals surface area contributed by atoms with Gasteiger partial charge in [0.05, 0.1) is 10.0 Å². The second-order valence-corrected chi connectivity index (χ2v) is 6.02. The molecule has 0 spiro atoms. The Balaban J connectivity index is 2.10. The number of rotatable bonds is 4. The Morgan fingerprint density at radius 3 is 2.89 bits per heavy atom. The number of hydrogen-bond donors (Lipinski definition) is 0. The van der Waals surface area contributed by atoms with Gasteiger partial charge in [0, 0.05) is 19.0 Å². The molecule has 0 aromatic heterocycles. The molecule has 0 N–H and O–H groups in total. The summed E-state index contributed by atoms with van der Waals surface area (Å²) in [7, 11) is 0. The zero-order chi connectivity index (χ0) is 13.8. The lowest BCUT2D eigenvalue weighted by Crippen LogP contribution is -2.40. The van der Waals surface area contributed by atoms with Gasteiger partial charge in [0.2, 0.25) is 0 Å². The minimum absolute atomic E-state index is 0.258. The van der Waals surface area contributed by atoms with Crippen LogP contribution in [0.2, 0.25) is 10.0 Å². The second kappa shape index (κ2) is 6.74. The van der Waals surface area contributed by atoms with Crippen molar-refractivity contribution in [2.45, 2.75) is 45.2 Å². The monoisotopic (exact) mass is 299 g/mol. The van der Waals surface area contributed by atoms with Crippen molar-refractivity contribution in [3.05, 3.63) is 33.8 Å². The van der Waals surface area contributed by atoms with Gasteiger partial charge in [-0.2, -0.15) is 0 Å². The van der Waals surface area contributed by atoms with Crippen molar-refractivity contribution < 1.29 is 4.79 Å². The molecule has 1 aromatic rings. The van der Waals surface area contributed by atoms with Gasteiger partial charge in [0.1, 0.15) is 5.78 Å². The quantitative estimate of drug-likeness (QED) is 0.825. The minimum atomic E-state index is 0.258. The third-order valence-corrected chi connectivity index (χ3v) is 4.54. The van der Waals surface area contributed by atoms with Gasteiger partial charge in [-0.1, -0.05) is 41.8 Å². The summed E-state index contributed by atoms with van der Waals surface area (Å²) in [5.74, 6) is 0.258. The lowest BCUT2D eigenvalue weighted by Gasteiger charge is -2.35. The van der Waals surface area contributed by atoms with Crippen LogP contribution in [0.1, 0.15) is 38.2 Å². The first-order valence-electron chi connectivity index (χ1n) is 6.74. The van der Waals surface area contributed by atoms with Crippen LogP contribution in [0.15, 0.2) is 18.2 Å². The van der Waals surface area contributed by atoms with E-state index in [0.717, 1.165) is 25.1 Å². The molecule has 1 fully saturated rings. The fourth-order valence-corrected chi connectivity index (χ4v) is 3.10. The van der Waals surface area contributed by atoms with Gasteiger partial charge in [-0.3, -0.25) is 9.69 Å². The maximum absolute atomic E-state index is 11.4. The number of carbonyl (C=O) groups excluding carboxylic acids is 1. The van der Waals surface area contributed by atoms with E-state index in [0.29, 0.717) is 22.5 Å². The van der Waals surface area contributed by atoms with Gasteiger partial charge in [-0.25, -0.2) is 0 Å². The van der Waals surface area contributed by atoms with Crippen molar-refractivity contribution in [3.8, 4) is 0 Å². The highest BCUT2D eigenvalue weighted by molar-refractivity contribution is 6.42. The molecule has 1 heterocycles. The number of halogens is 2. The van der Waals surface area contributed by atoms with Crippen molar-refractivity contribution in [1.82, 2.24) is 4.90 Å². The standard InChI is InChI=1S/C15H19Cl2NO/c1-11(19)9-13-6-2-3-8-18(13)10-12-5-4-7-14(16)15(12)17/h4-5,7,13H,2-3,6,8-10H2,1H3. The van der Waals surface area contributed by atoms with Gasteiger partial charge in [-0.15, -0.1) is 0 Å². The number of likely N-dealkylation sites (tertiary alicyclic amines) is 1. The Morgan fingerprint density at radius 1 is 1.37 bits per heavy atom. The molecule has 1 aliphatic heterocycles. The van der Waals surface area contributed by atoms with E-state index in [4.69, 9.17) is 23.2 Å². The van der Waals surface area contributed by atoms with Gasteiger partial charge >= 0.3 is 0 Å². The first kappa shape index (κ1) is 14.8. The summed E-state index contributed by atoms with van der Waals surface area (Å²) < 4.78 is 0. The first-order valence-corrected chi connectivity index (χ1v) is 7.50. The van der Waals surface area contributed by atoms with E-state index in [1.807, 2.05) is 12.1 Å². The Labute approximate surface area is 124 Å². The van der Waals surface area contributed by atoms with Gasteiger partial charge < -0.3 is 0 Å². The fourth-order valence-electron chi connectivity index (χ4n) is 2.72. The minimum Gasteiger partial charge on any atom is -0.300 e. The molecule has 19 heavy (non-hydrogen) atoms. The molecule has 1 aliphatic rings. The molecule has 0 amide bonds. The highest BCUT2D eigenvalue weighted by atomic mass is 35.5. The number of hydrogen-bond acceptors (Lipinski definition) is 2. The maximum atomic E-state index is 11.4. The molecule has 1 atom stereocenters. The number of benzene rings is 1. The number of carbonyl (C=O) groups is 1. The molecule has 0 radical (unpaired) electrons. The lowest BCUT2D eigenvalue weighted by atomic mass is 9.97. The molecule has 1 unspecified atom stereocenters. The molecular weight excluding hydrogens is 281 g/mol. The van der Waals surface area contributed by atoms with Crippen molar-refractivity contribution in [2.75, 3.05) is 6.54 Å². The highest BCUT2D eigenvalue weighted by Crippen LogP contribution is 2.29. The van der Waals surface area contributed by atoms with Gasteiger partial charge in [0.15, 0.2) is 0 Å². The Kier molecular flexibility index (Phi) is 5.26. The van der Waals surface area contributed by atoms with Crippen LogP contribution in [-0.2, 0) is 11.3 Å². The number of nitrogens with zero attached hydrogens (tertiary/aromatic N) is 1. The normalized spacial score (nSPS) is 20.5. The van der Waals surface area contributed by atoms with Crippen molar-refractivity contribution in [1.29, 1.82) is 0 Å². The lowest BCUT2D eigenvalue weighted by molar-refractivity contribution is -0.118. The van der Waals surface area contributed by atoms with E-state index in [2.05, 4.69) is 4.90 Å². The largest absolute Gasteiger partial charge is 0.300 e. The van der Waals surface area contributed by atoms with E-state index in [-0.39, 0.29) is 5.78 Å². The maximum Gasteiger partial charge on any atom is 0.131 e. The van der Waals surface area contributed by atoms with E-state index >= 15 is 0 Å². The molecule has 0 saturated carbocycles. The molecule has 0 aliphatic carbocycles. The van der Waals surface area contributed by atoms with Gasteiger partial charge in [0.25, 0.3) is 0 Å². The number of ketones is 1. The second-order valence-electron chi connectivity index (χ2n) is 5.24. The summed E-state index contributed by atoms with van der Waals surface area (Å²) in [6.45, 7) is 3.47. The molecule has 104 valence electrons. The third kappa shape index (κ3) is 3.95. The third-order valence-electron chi connectivity index (χ3n) is 3.68. The molecule has 1 aromatic carbocycles. The smallest absolute Gasteiger partial charge is 0.131 e. The van der Waals surface area contributed by atoms with Crippen LogP contribution in [-0.4, -0.2) is 23.3 Å². The average molecular weight is 300 g/mol. The molecular formula is C15H19Cl2NO. The topological polar surface area (TPSA) is 20.3 Å². The summed E-state index contributed by atoms with van der Waals surface area (Å²) in [5, 5.41) is 1.23. The van der Waals surface area contributed by atoms with E-state index in [9.17, 15) is 4.79 Å². The molecule has 2 rings (SSSR count). The highest BCUT2D eigenvalue weighted by Gasteiger charge is 2.24. The fraction of sp³-hybridized carbons (Fsp3) is 0.533. The summed E-state index contributed by atoms with van der Waals surface area (Å²) in [5.41, 5.74) is 1.05. The predicted molar refractivity (Wildman–Crippen MR) is 79.8 cm³/mol. The summed E-state index contributed by atoms with van der Waals surface area (Å²) >= 11 is 12.3. The van der Waals surface area contributed by atoms with Crippen LogP contribution in [0.5, 0.6) is 0 Å². The SMILES string of the molecule is CC(=O)CC1CCCCN1Cc1cccc(Cl)c1Cl. The predicted octanol–water partition coefficient (Wildman–Crippen LogP) is 4.33. The first-order chi connectivity index (χ1) is 9.08. The molecule has 1 saturated heterocycles. The van der Waals surface area contributed by atoms with Crippen LogP contribution in [0.25, 0.3) is 0 Å². The van der Waals surface area contributed by atoms with Gasteiger partial charge in [-0.05, 0) is 37.9 Å². The van der Waals surface area contributed by atoms with Crippen LogP contribution < -0.4 is 0 Å². The Bertz CT molecular complexity index is 461. The van der Waals surface area contributed by atoms with Crippen LogP contribution in [0, 0.1) is 0 Å². The molecule has 4 heteroatoms. The zero-order valence-corrected chi connectivity index (χ0v) is 12.7. The summed E-state index contributed by atoms with van der Waals surface area (Å²) in [4.78, 5) is 13.7. The Hall–Kier alpha value is -0.570. The van der Waals surface area contributed by atoms with Crippen molar-refractivity contribution in [2.24, 2.45) is 0 Å². The Morgan fingerprint density at radius 2 is 2.16 bits per heavy atom. The number of piperidine rings is 1.